The van der Waals surface area contributed by atoms with E-state index in [1.165, 1.54) is 61.9 Å². The van der Waals surface area contributed by atoms with Crippen LogP contribution < -0.4 is 0 Å². The van der Waals surface area contributed by atoms with Crippen molar-refractivity contribution in [2.45, 2.75) is 28.6 Å². The van der Waals surface area contributed by atoms with E-state index >= 15 is 0 Å². The van der Waals surface area contributed by atoms with Crippen LogP contribution in [0.25, 0.3) is 33.1 Å². The summed E-state index contributed by atoms with van der Waals surface area (Å²) in [6, 6.07) is 65.4. The van der Waals surface area contributed by atoms with E-state index in [9.17, 15) is 0 Å². The molecule has 3 aliphatic carbocycles. The first-order valence-corrected chi connectivity index (χ1v) is 17.1. The molecule has 0 saturated heterocycles. The number of hydrogen-bond acceptors (Lipinski definition) is 1. The van der Waals surface area contributed by atoms with Crippen molar-refractivity contribution in [3.05, 3.63) is 215 Å². The van der Waals surface area contributed by atoms with Gasteiger partial charge in [-0.3, -0.25) is 0 Å². The Hall–Kier alpha value is -5.66. The number of fused-ring (bicyclic) bond motifs is 8. The van der Waals surface area contributed by atoms with Crippen molar-refractivity contribution in [3.8, 4) is 11.1 Å². The molecular weight excluding hydrogens is 581 g/mol. The maximum absolute atomic E-state index is 6.74. The molecule has 3 aliphatic rings. The minimum absolute atomic E-state index is 0.0905. The monoisotopic (exact) mass is 612 g/mol. The molecule has 0 radical (unpaired) electrons. The zero-order valence-corrected chi connectivity index (χ0v) is 26.4. The van der Waals surface area contributed by atoms with Crippen LogP contribution in [0, 0.1) is 0 Å². The van der Waals surface area contributed by atoms with Crippen molar-refractivity contribution in [1.29, 1.82) is 0 Å². The summed E-state index contributed by atoms with van der Waals surface area (Å²) in [4.78, 5) is 0. The molecule has 8 aromatic rings. The third kappa shape index (κ3) is 3.08. The van der Waals surface area contributed by atoms with Crippen molar-refractivity contribution >= 4 is 21.9 Å². The Bertz CT molecular complexity index is 2550. The Morgan fingerprint density at radius 3 is 1.90 bits per heavy atom. The van der Waals surface area contributed by atoms with Crippen molar-refractivity contribution in [1.82, 2.24) is 0 Å². The van der Waals surface area contributed by atoms with Gasteiger partial charge in [0.25, 0.3) is 0 Å². The average Bonchev–Trinajstić information content (AvgIpc) is 3.90. The Morgan fingerprint density at radius 2 is 1.08 bits per heavy atom. The molecule has 48 heavy (non-hydrogen) atoms. The highest BCUT2D eigenvalue weighted by atomic mass is 16.3. The highest BCUT2D eigenvalue weighted by Gasteiger charge is 2.91. The predicted octanol–water partition coefficient (Wildman–Crippen LogP) is 11.3. The lowest BCUT2D eigenvalue weighted by atomic mass is 9.67. The topological polar surface area (TPSA) is 13.1 Å². The van der Waals surface area contributed by atoms with Crippen LogP contribution in [0.4, 0.5) is 0 Å². The molecule has 1 nitrogen and oxygen atoms in total. The van der Waals surface area contributed by atoms with E-state index in [-0.39, 0.29) is 10.8 Å². The third-order valence-electron chi connectivity index (χ3n) is 12.1. The molecule has 226 valence electrons. The summed E-state index contributed by atoms with van der Waals surface area (Å²) < 4.78 is 6.74. The van der Waals surface area contributed by atoms with Crippen molar-refractivity contribution in [2.75, 3.05) is 0 Å². The first-order valence-electron chi connectivity index (χ1n) is 17.1. The first kappa shape index (κ1) is 26.4. The molecule has 4 atom stereocenters. The molecular formula is C47H32O. The fourth-order valence-corrected chi connectivity index (χ4v) is 10.1. The van der Waals surface area contributed by atoms with Gasteiger partial charge in [0, 0.05) is 33.1 Å². The van der Waals surface area contributed by atoms with Gasteiger partial charge in [0.2, 0.25) is 0 Å². The largest absolute Gasteiger partial charge is 0.455 e. The minimum atomic E-state index is -0.492. The van der Waals surface area contributed by atoms with E-state index in [2.05, 4.69) is 176 Å². The maximum atomic E-state index is 6.74. The van der Waals surface area contributed by atoms with Crippen LogP contribution in [-0.2, 0) is 16.2 Å². The fraction of sp³-hybridized carbons (Fsp3) is 0.106. The van der Waals surface area contributed by atoms with Crippen LogP contribution in [-0.4, -0.2) is 0 Å². The van der Waals surface area contributed by atoms with E-state index in [0.29, 0.717) is 5.92 Å². The van der Waals surface area contributed by atoms with Crippen LogP contribution in [0.5, 0.6) is 0 Å². The SMILES string of the molecule is c1ccc(C2C3(c4ccccc4)CC23c2cccc(C3(c4ccccc4)c4ccccc4-c4c3ccc3c4oc4ccccc43)c2)cc1. The number of hydrogen-bond donors (Lipinski definition) is 0. The van der Waals surface area contributed by atoms with Crippen LogP contribution in [0.3, 0.4) is 0 Å². The summed E-state index contributed by atoms with van der Waals surface area (Å²) >= 11 is 0. The third-order valence-corrected chi connectivity index (χ3v) is 12.1. The summed E-state index contributed by atoms with van der Waals surface area (Å²) in [5, 5.41) is 2.34. The van der Waals surface area contributed by atoms with Gasteiger partial charge in [-0.05, 0) is 57.0 Å². The Labute approximate surface area is 280 Å². The van der Waals surface area contributed by atoms with E-state index in [1.54, 1.807) is 0 Å². The molecule has 0 spiro atoms. The lowest BCUT2D eigenvalue weighted by Crippen LogP contribution is -2.28. The fourth-order valence-electron chi connectivity index (χ4n) is 10.1. The summed E-state index contributed by atoms with van der Waals surface area (Å²) in [6.45, 7) is 0. The molecule has 4 unspecified atom stereocenters. The zero-order valence-electron chi connectivity index (χ0n) is 26.4. The van der Waals surface area contributed by atoms with Crippen molar-refractivity contribution < 1.29 is 4.42 Å². The molecule has 0 aliphatic heterocycles. The van der Waals surface area contributed by atoms with Gasteiger partial charge in [-0.2, -0.15) is 0 Å². The van der Waals surface area contributed by atoms with Crippen LogP contribution in [0.2, 0.25) is 0 Å². The standard InChI is InChI=1S/C47H32O/c1-4-15-31(16-5-1)44-45(32-17-6-2-7-18-32)30-46(44,45)34-21-14-22-35(29-34)47(33-19-8-3-9-20-33)39-25-12-10-24-38(39)42-40(47)28-27-37-36-23-11-13-26-41(36)48-43(37)42/h1-29,44H,30H2. The molecule has 11 rings (SSSR count). The predicted molar refractivity (Wildman–Crippen MR) is 195 cm³/mol. The second kappa shape index (κ2) is 9.24. The van der Waals surface area contributed by atoms with Gasteiger partial charge < -0.3 is 4.42 Å². The minimum Gasteiger partial charge on any atom is -0.455 e. The summed E-state index contributed by atoms with van der Waals surface area (Å²) in [5.41, 5.74) is 13.7. The van der Waals surface area contributed by atoms with E-state index < -0.39 is 5.41 Å². The Kier molecular flexibility index (Phi) is 5.08. The Morgan fingerprint density at radius 1 is 0.458 bits per heavy atom. The van der Waals surface area contributed by atoms with Crippen molar-refractivity contribution in [3.63, 3.8) is 0 Å². The number of rotatable bonds is 5. The number of furan rings is 1. The number of benzene rings is 7. The van der Waals surface area contributed by atoms with Gasteiger partial charge in [-0.25, -0.2) is 0 Å². The quantitative estimate of drug-likeness (QED) is 0.188. The van der Waals surface area contributed by atoms with E-state index in [0.717, 1.165) is 16.6 Å². The molecule has 2 saturated carbocycles. The summed E-state index contributed by atoms with van der Waals surface area (Å²) in [6.07, 6.45) is 1.18. The summed E-state index contributed by atoms with van der Waals surface area (Å²) in [5.74, 6) is 0.467. The maximum Gasteiger partial charge on any atom is 0.143 e. The Balaban J connectivity index is 1.19. The highest BCUT2D eigenvalue weighted by Crippen LogP contribution is 2.93. The smallest absolute Gasteiger partial charge is 0.143 e. The van der Waals surface area contributed by atoms with Crippen molar-refractivity contribution in [2.24, 2.45) is 0 Å². The van der Waals surface area contributed by atoms with E-state index in [1.807, 2.05) is 0 Å². The molecule has 0 bridgehead atoms. The normalized spacial score (nSPS) is 24.6. The van der Waals surface area contributed by atoms with Gasteiger partial charge in [0.1, 0.15) is 11.2 Å². The van der Waals surface area contributed by atoms with E-state index in [4.69, 9.17) is 4.42 Å². The lowest BCUT2D eigenvalue weighted by Gasteiger charge is -2.34. The van der Waals surface area contributed by atoms with Crippen LogP contribution in [0.15, 0.2) is 180 Å². The van der Waals surface area contributed by atoms with Gasteiger partial charge in [-0.15, -0.1) is 0 Å². The van der Waals surface area contributed by atoms with Gasteiger partial charge in [-0.1, -0.05) is 170 Å². The first-order chi connectivity index (χ1) is 23.8. The van der Waals surface area contributed by atoms with Crippen LogP contribution >= 0.6 is 0 Å². The molecule has 1 heterocycles. The lowest BCUT2D eigenvalue weighted by molar-refractivity contribution is 0.668. The van der Waals surface area contributed by atoms with Gasteiger partial charge >= 0.3 is 0 Å². The molecule has 2 fully saturated rings. The summed E-state index contributed by atoms with van der Waals surface area (Å²) in [7, 11) is 0. The molecule has 1 heteroatoms. The second-order valence-electron chi connectivity index (χ2n) is 14.0. The zero-order chi connectivity index (χ0) is 31.5. The molecule has 7 aromatic carbocycles. The number of para-hydroxylation sites is 1. The van der Waals surface area contributed by atoms with Gasteiger partial charge in [0.15, 0.2) is 0 Å². The molecule has 1 aromatic heterocycles. The van der Waals surface area contributed by atoms with Gasteiger partial charge in [0.05, 0.1) is 5.41 Å². The highest BCUT2D eigenvalue weighted by molar-refractivity contribution is 6.12. The second-order valence-corrected chi connectivity index (χ2v) is 14.0. The van der Waals surface area contributed by atoms with Crippen LogP contribution in [0.1, 0.15) is 51.3 Å². The molecule has 0 amide bonds. The average molecular weight is 613 g/mol. The molecule has 0 N–H and O–H groups in total.